The summed E-state index contributed by atoms with van der Waals surface area (Å²) in [5.41, 5.74) is 11.7. The lowest BCUT2D eigenvalue weighted by molar-refractivity contribution is 0.174. The van der Waals surface area contributed by atoms with Crippen LogP contribution in [0.2, 0.25) is 0 Å². The Hall–Kier alpha value is -1.31. The Morgan fingerprint density at radius 3 is 2.63 bits per heavy atom. The van der Waals surface area contributed by atoms with Gasteiger partial charge in [-0.3, -0.25) is 0 Å². The fourth-order valence-electron chi connectivity index (χ4n) is 2.90. The molecule has 1 aliphatic heterocycles. The lowest BCUT2D eigenvalue weighted by atomic mass is 10.1. The first-order chi connectivity index (χ1) is 8.88. The largest absolute Gasteiger partial charge is 0.454 e. The molecule has 1 aliphatic carbocycles. The van der Waals surface area contributed by atoms with Crippen molar-refractivity contribution >= 4 is 9.84 Å². The van der Waals surface area contributed by atoms with E-state index in [2.05, 4.69) is 0 Å². The van der Waals surface area contributed by atoms with Crippen molar-refractivity contribution in [1.29, 1.82) is 0 Å². The SMILES string of the molecule is CS(=O)(=O)[C@@H]1[C@H](c2ccc3c(c2)OCO3)[C@@]1(N)CN. The van der Waals surface area contributed by atoms with E-state index in [-0.39, 0.29) is 19.3 Å². The van der Waals surface area contributed by atoms with Crippen LogP contribution in [-0.4, -0.2) is 38.8 Å². The molecule has 1 saturated carbocycles. The molecule has 0 aromatic heterocycles. The minimum atomic E-state index is -3.24. The normalized spacial score (nSPS) is 32.4. The Bertz CT molecular complexity index is 631. The second-order valence-electron chi connectivity index (χ2n) is 5.16. The number of sulfone groups is 1. The molecule has 19 heavy (non-hydrogen) atoms. The van der Waals surface area contributed by atoms with Crippen LogP contribution in [0, 0.1) is 0 Å². The van der Waals surface area contributed by atoms with Crippen LogP contribution < -0.4 is 20.9 Å². The average molecular weight is 284 g/mol. The van der Waals surface area contributed by atoms with E-state index < -0.39 is 20.6 Å². The molecule has 0 spiro atoms. The van der Waals surface area contributed by atoms with Gasteiger partial charge in [0.2, 0.25) is 6.79 Å². The van der Waals surface area contributed by atoms with Crippen molar-refractivity contribution in [3.63, 3.8) is 0 Å². The van der Waals surface area contributed by atoms with E-state index in [1.54, 1.807) is 12.1 Å². The Labute approximate surface area is 111 Å². The lowest BCUT2D eigenvalue weighted by Gasteiger charge is -2.08. The first-order valence-electron chi connectivity index (χ1n) is 5.95. The lowest BCUT2D eigenvalue weighted by Crippen LogP contribution is -2.38. The van der Waals surface area contributed by atoms with Crippen LogP contribution in [0.5, 0.6) is 11.5 Å². The highest BCUT2D eigenvalue weighted by Crippen LogP contribution is 2.54. The van der Waals surface area contributed by atoms with E-state index in [0.717, 1.165) is 5.56 Å². The number of rotatable bonds is 3. The zero-order valence-electron chi connectivity index (χ0n) is 10.5. The van der Waals surface area contributed by atoms with E-state index in [9.17, 15) is 8.42 Å². The summed E-state index contributed by atoms with van der Waals surface area (Å²) in [5.74, 6) is 0.994. The molecule has 104 valence electrons. The van der Waals surface area contributed by atoms with Crippen molar-refractivity contribution in [2.45, 2.75) is 16.7 Å². The second-order valence-corrected chi connectivity index (χ2v) is 7.32. The van der Waals surface area contributed by atoms with Crippen LogP contribution in [0.25, 0.3) is 0 Å². The highest BCUT2D eigenvalue weighted by atomic mass is 32.2. The zero-order chi connectivity index (χ0) is 13.8. The van der Waals surface area contributed by atoms with Crippen molar-refractivity contribution in [2.75, 3.05) is 19.6 Å². The third-order valence-corrected chi connectivity index (χ3v) is 5.51. The summed E-state index contributed by atoms with van der Waals surface area (Å²) in [4.78, 5) is 0. The predicted octanol–water partition coefficient (Wildman–Crippen LogP) is -0.418. The minimum absolute atomic E-state index is 0.129. The van der Waals surface area contributed by atoms with E-state index in [4.69, 9.17) is 20.9 Å². The zero-order valence-corrected chi connectivity index (χ0v) is 11.3. The number of fused-ring (bicyclic) bond motifs is 1. The molecule has 0 bridgehead atoms. The average Bonchev–Trinajstić information content (AvgIpc) is 2.77. The Kier molecular flexibility index (Phi) is 2.57. The number of hydrogen-bond donors (Lipinski definition) is 2. The van der Waals surface area contributed by atoms with Gasteiger partial charge in [0.15, 0.2) is 21.3 Å². The molecule has 2 aliphatic rings. The van der Waals surface area contributed by atoms with Gasteiger partial charge in [-0.25, -0.2) is 8.42 Å². The van der Waals surface area contributed by atoms with Gasteiger partial charge in [0.1, 0.15) is 0 Å². The first-order valence-corrected chi connectivity index (χ1v) is 7.91. The van der Waals surface area contributed by atoms with E-state index in [1.165, 1.54) is 6.26 Å². The monoisotopic (exact) mass is 284 g/mol. The smallest absolute Gasteiger partial charge is 0.231 e. The second kappa shape index (κ2) is 3.84. The molecule has 1 aromatic rings. The van der Waals surface area contributed by atoms with Crippen molar-refractivity contribution in [3.05, 3.63) is 23.8 Å². The van der Waals surface area contributed by atoms with E-state index in [0.29, 0.717) is 11.5 Å². The van der Waals surface area contributed by atoms with E-state index >= 15 is 0 Å². The highest BCUT2D eigenvalue weighted by Gasteiger charge is 2.67. The summed E-state index contributed by atoms with van der Waals surface area (Å²) in [5, 5.41) is -0.634. The standard InChI is InChI=1S/C12H16N2O4S/c1-19(15,16)11-10(12(11,14)5-13)7-2-3-8-9(4-7)18-6-17-8/h2-4,10-11H,5-6,13-14H2,1H3/t10-,11+,12-/m0/s1. The van der Waals surface area contributed by atoms with Gasteiger partial charge in [-0.05, 0) is 17.7 Å². The maximum Gasteiger partial charge on any atom is 0.231 e. The summed E-state index contributed by atoms with van der Waals surface area (Å²) in [7, 11) is -3.24. The predicted molar refractivity (Wildman–Crippen MR) is 69.9 cm³/mol. The van der Waals surface area contributed by atoms with Gasteiger partial charge >= 0.3 is 0 Å². The van der Waals surface area contributed by atoms with Crippen LogP contribution >= 0.6 is 0 Å². The highest BCUT2D eigenvalue weighted by molar-refractivity contribution is 7.91. The summed E-state index contributed by atoms with van der Waals surface area (Å²) < 4.78 is 34.1. The molecule has 0 saturated heterocycles. The van der Waals surface area contributed by atoms with Crippen molar-refractivity contribution in [1.82, 2.24) is 0 Å². The minimum Gasteiger partial charge on any atom is -0.454 e. The number of benzene rings is 1. The van der Waals surface area contributed by atoms with Crippen LogP contribution in [0.4, 0.5) is 0 Å². The summed E-state index contributed by atoms with van der Waals surface area (Å²) in [6, 6.07) is 5.38. The summed E-state index contributed by atoms with van der Waals surface area (Å²) >= 11 is 0. The molecule has 3 rings (SSSR count). The quantitative estimate of drug-likeness (QED) is 0.781. The van der Waals surface area contributed by atoms with Gasteiger partial charge in [-0.15, -0.1) is 0 Å². The molecule has 4 N–H and O–H groups in total. The molecule has 0 radical (unpaired) electrons. The third kappa shape index (κ3) is 1.80. The van der Waals surface area contributed by atoms with Crippen LogP contribution in [0.3, 0.4) is 0 Å². The maximum atomic E-state index is 11.8. The molecule has 1 heterocycles. The molecule has 6 nitrogen and oxygen atoms in total. The Morgan fingerprint density at radius 2 is 2.05 bits per heavy atom. The molecule has 0 amide bonds. The van der Waals surface area contributed by atoms with Gasteiger partial charge in [-0.1, -0.05) is 6.07 Å². The first kappa shape index (κ1) is 12.7. The van der Waals surface area contributed by atoms with Crippen molar-refractivity contribution < 1.29 is 17.9 Å². The topological polar surface area (TPSA) is 105 Å². The Balaban J connectivity index is 1.99. The molecule has 1 aromatic carbocycles. The molecule has 1 fully saturated rings. The number of nitrogens with two attached hydrogens (primary N) is 2. The van der Waals surface area contributed by atoms with Crippen LogP contribution in [-0.2, 0) is 9.84 Å². The molecule has 0 unspecified atom stereocenters. The van der Waals surface area contributed by atoms with Gasteiger partial charge < -0.3 is 20.9 Å². The van der Waals surface area contributed by atoms with Crippen molar-refractivity contribution in [2.24, 2.45) is 11.5 Å². The molecule has 7 heteroatoms. The summed E-state index contributed by atoms with van der Waals surface area (Å²) in [6.45, 7) is 0.313. The molecular weight excluding hydrogens is 268 g/mol. The molecule has 3 atom stereocenters. The van der Waals surface area contributed by atoms with Gasteiger partial charge in [0.25, 0.3) is 0 Å². The van der Waals surface area contributed by atoms with E-state index in [1.807, 2.05) is 6.07 Å². The van der Waals surface area contributed by atoms with Crippen LogP contribution in [0.15, 0.2) is 18.2 Å². The maximum absolute atomic E-state index is 11.8. The number of hydrogen-bond acceptors (Lipinski definition) is 6. The molecular formula is C12H16N2O4S. The fraction of sp³-hybridized carbons (Fsp3) is 0.500. The fourth-order valence-corrected chi connectivity index (χ4v) is 4.77. The third-order valence-electron chi connectivity index (χ3n) is 3.87. The Morgan fingerprint density at radius 1 is 1.37 bits per heavy atom. The van der Waals surface area contributed by atoms with Gasteiger partial charge in [0, 0.05) is 18.7 Å². The summed E-state index contributed by atoms with van der Waals surface area (Å²) in [6.07, 6.45) is 1.20. The number of ether oxygens (including phenoxy) is 2. The van der Waals surface area contributed by atoms with Gasteiger partial charge in [-0.2, -0.15) is 0 Å². The van der Waals surface area contributed by atoms with Gasteiger partial charge in [0.05, 0.1) is 10.8 Å². The van der Waals surface area contributed by atoms with Crippen molar-refractivity contribution in [3.8, 4) is 11.5 Å². The van der Waals surface area contributed by atoms with Crippen LogP contribution in [0.1, 0.15) is 11.5 Å².